The number of pyridine rings is 1. The number of nitrogens with zero attached hydrogens (tertiary/aromatic N) is 2. The molecule has 0 saturated heterocycles. The van der Waals surface area contributed by atoms with E-state index in [0.717, 1.165) is 39.8 Å². The SMILES string of the molecule is Cc1ccc(C)c2c(=O)cc(CN[C@@H](C)Cc3cnccn3)[nH]c12. The Balaban J connectivity index is 1.76. The largest absolute Gasteiger partial charge is 0.357 e. The molecule has 24 heavy (non-hydrogen) atoms. The molecule has 3 rings (SSSR count). The number of benzene rings is 1. The van der Waals surface area contributed by atoms with Crippen LogP contribution >= 0.6 is 0 Å². The Morgan fingerprint density at radius 1 is 1.21 bits per heavy atom. The third-order valence-corrected chi connectivity index (χ3v) is 4.23. The van der Waals surface area contributed by atoms with Gasteiger partial charge >= 0.3 is 0 Å². The Hall–Kier alpha value is -2.53. The lowest BCUT2D eigenvalue weighted by Crippen LogP contribution is -2.28. The van der Waals surface area contributed by atoms with Crippen LogP contribution in [0, 0.1) is 13.8 Å². The zero-order valence-corrected chi connectivity index (χ0v) is 14.3. The van der Waals surface area contributed by atoms with Gasteiger partial charge in [-0.1, -0.05) is 12.1 Å². The van der Waals surface area contributed by atoms with Gasteiger partial charge in [0, 0.05) is 54.7 Å². The van der Waals surface area contributed by atoms with E-state index in [1.54, 1.807) is 24.7 Å². The monoisotopic (exact) mass is 322 g/mol. The van der Waals surface area contributed by atoms with Gasteiger partial charge in [0.2, 0.25) is 0 Å². The molecule has 0 aliphatic heterocycles. The van der Waals surface area contributed by atoms with Crippen LogP contribution in [0.2, 0.25) is 0 Å². The van der Waals surface area contributed by atoms with E-state index in [4.69, 9.17) is 0 Å². The Morgan fingerprint density at radius 3 is 2.75 bits per heavy atom. The molecular weight excluding hydrogens is 300 g/mol. The standard InChI is InChI=1S/C19H22N4O/c1-12-4-5-13(2)19-18(12)17(24)9-16(23-19)11-22-14(3)8-15-10-20-6-7-21-15/h4-7,9-10,14,22H,8,11H2,1-3H3,(H,23,24)/t14-/m0/s1. The van der Waals surface area contributed by atoms with Crippen LogP contribution in [0.25, 0.3) is 10.9 Å². The maximum absolute atomic E-state index is 12.4. The van der Waals surface area contributed by atoms with Gasteiger partial charge in [0.05, 0.1) is 11.2 Å². The second-order valence-electron chi connectivity index (χ2n) is 6.29. The van der Waals surface area contributed by atoms with Crippen molar-refractivity contribution < 1.29 is 0 Å². The van der Waals surface area contributed by atoms with Gasteiger partial charge in [-0.05, 0) is 31.9 Å². The van der Waals surface area contributed by atoms with Crippen molar-refractivity contribution in [1.82, 2.24) is 20.3 Å². The summed E-state index contributed by atoms with van der Waals surface area (Å²) in [5.41, 5.74) is 4.95. The predicted octanol–water partition coefficient (Wildman–Crippen LogP) is 2.66. The van der Waals surface area contributed by atoms with E-state index in [2.05, 4.69) is 27.2 Å². The minimum absolute atomic E-state index is 0.0725. The maximum atomic E-state index is 12.4. The highest BCUT2D eigenvalue weighted by Crippen LogP contribution is 2.17. The van der Waals surface area contributed by atoms with Crippen LogP contribution in [0.5, 0.6) is 0 Å². The summed E-state index contributed by atoms with van der Waals surface area (Å²) >= 11 is 0. The van der Waals surface area contributed by atoms with Crippen molar-refractivity contribution in [2.45, 2.75) is 39.8 Å². The van der Waals surface area contributed by atoms with E-state index in [1.807, 2.05) is 26.0 Å². The van der Waals surface area contributed by atoms with Crippen molar-refractivity contribution in [2.75, 3.05) is 0 Å². The highest BCUT2D eigenvalue weighted by Gasteiger charge is 2.09. The van der Waals surface area contributed by atoms with Crippen LogP contribution in [-0.2, 0) is 13.0 Å². The van der Waals surface area contributed by atoms with Crippen LogP contribution < -0.4 is 10.7 Å². The summed E-state index contributed by atoms with van der Waals surface area (Å²) in [6.07, 6.45) is 5.95. The first-order chi connectivity index (χ1) is 11.5. The molecule has 0 aliphatic carbocycles. The smallest absolute Gasteiger partial charge is 0.189 e. The highest BCUT2D eigenvalue weighted by molar-refractivity contribution is 5.84. The van der Waals surface area contributed by atoms with Crippen molar-refractivity contribution >= 4 is 10.9 Å². The van der Waals surface area contributed by atoms with Crippen LogP contribution in [0.3, 0.4) is 0 Å². The molecule has 124 valence electrons. The molecule has 0 fully saturated rings. The zero-order chi connectivity index (χ0) is 17.1. The Kier molecular flexibility index (Phi) is 4.71. The molecule has 0 bridgehead atoms. The van der Waals surface area contributed by atoms with Gasteiger partial charge in [-0.2, -0.15) is 0 Å². The third kappa shape index (κ3) is 3.51. The number of rotatable bonds is 5. The van der Waals surface area contributed by atoms with Gasteiger partial charge in [-0.25, -0.2) is 0 Å². The van der Waals surface area contributed by atoms with Crippen molar-refractivity contribution in [3.63, 3.8) is 0 Å². The predicted molar refractivity (Wildman–Crippen MR) is 96.1 cm³/mol. The Labute approximate surface area is 141 Å². The molecule has 5 heteroatoms. The molecule has 5 nitrogen and oxygen atoms in total. The van der Waals surface area contributed by atoms with Crippen molar-refractivity contribution in [3.8, 4) is 0 Å². The highest BCUT2D eigenvalue weighted by atomic mass is 16.1. The molecule has 0 spiro atoms. The summed E-state index contributed by atoms with van der Waals surface area (Å²) in [6.45, 7) is 6.70. The summed E-state index contributed by atoms with van der Waals surface area (Å²) in [6, 6.07) is 5.96. The molecule has 1 aromatic carbocycles. The van der Waals surface area contributed by atoms with E-state index < -0.39 is 0 Å². The Morgan fingerprint density at radius 2 is 2.00 bits per heavy atom. The second kappa shape index (κ2) is 6.93. The van der Waals surface area contributed by atoms with Crippen LogP contribution in [0.15, 0.2) is 41.6 Å². The quantitative estimate of drug-likeness (QED) is 0.757. The summed E-state index contributed by atoms with van der Waals surface area (Å²) in [7, 11) is 0. The lowest BCUT2D eigenvalue weighted by Gasteiger charge is -2.14. The molecule has 0 saturated carbocycles. The molecule has 3 aromatic rings. The normalized spacial score (nSPS) is 12.5. The summed E-state index contributed by atoms with van der Waals surface area (Å²) in [4.78, 5) is 24.2. The van der Waals surface area contributed by atoms with Gasteiger partial charge in [-0.15, -0.1) is 0 Å². The summed E-state index contributed by atoms with van der Waals surface area (Å²) < 4.78 is 0. The average Bonchev–Trinajstić information content (AvgIpc) is 2.57. The first-order valence-electron chi connectivity index (χ1n) is 8.15. The fourth-order valence-electron chi connectivity index (χ4n) is 2.92. The molecule has 0 radical (unpaired) electrons. The van der Waals surface area contributed by atoms with Crippen LogP contribution in [0.4, 0.5) is 0 Å². The minimum atomic E-state index is 0.0725. The van der Waals surface area contributed by atoms with E-state index in [1.165, 1.54) is 0 Å². The number of nitrogens with one attached hydrogen (secondary N) is 2. The van der Waals surface area contributed by atoms with E-state index in [-0.39, 0.29) is 11.5 Å². The lowest BCUT2D eigenvalue weighted by molar-refractivity contribution is 0.534. The van der Waals surface area contributed by atoms with Gasteiger partial charge in [-0.3, -0.25) is 14.8 Å². The first-order valence-corrected chi connectivity index (χ1v) is 8.15. The van der Waals surface area contributed by atoms with E-state index in [9.17, 15) is 4.79 Å². The van der Waals surface area contributed by atoms with Gasteiger partial charge in [0.15, 0.2) is 5.43 Å². The van der Waals surface area contributed by atoms with Crippen LogP contribution in [0.1, 0.15) is 29.4 Å². The van der Waals surface area contributed by atoms with Crippen molar-refractivity contribution in [1.29, 1.82) is 0 Å². The van der Waals surface area contributed by atoms with E-state index in [0.29, 0.717) is 6.54 Å². The Bertz CT molecular complexity index is 902. The number of aromatic nitrogens is 3. The minimum Gasteiger partial charge on any atom is -0.357 e. The number of fused-ring (bicyclic) bond motifs is 1. The van der Waals surface area contributed by atoms with Crippen molar-refractivity contribution in [3.05, 3.63) is 69.5 Å². The maximum Gasteiger partial charge on any atom is 0.189 e. The summed E-state index contributed by atoms with van der Waals surface area (Å²) in [5, 5.41) is 4.22. The molecule has 0 unspecified atom stereocenters. The number of aryl methyl sites for hydroxylation is 2. The molecule has 0 aliphatic rings. The fraction of sp³-hybridized carbons (Fsp3) is 0.316. The molecule has 0 amide bonds. The van der Waals surface area contributed by atoms with Gasteiger partial charge < -0.3 is 10.3 Å². The molecule has 1 atom stereocenters. The molecule has 2 aromatic heterocycles. The fourth-order valence-corrected chi connectivity index (χ4v) is 2.92. The molecular formula is C19H22N4O. The van der Waals surface area contributed by atoms with Gasteiger partial charge in [0.1, 0.15) is 0 Å². The third-order valence-electron chi connectivity index (χ3n) is 4.23. The lowest BCUT2D eigenvalue weighted by atomic mass is 10.0. The average molecular weight is 322 g/mol. The number of hydrogen-bond acceptors (Lipinski definition) is 4. The number of hydrogen-bond donors (Lipinski definition) is 2. The van der Waals surface area contributed by atoms with Gasteiger partial charge in [0.25, 0.3) is 0 Å². The van der Waals surface area contributed by atoms with Crippen LogP contribution in [-0.4, -0.2) is 21.0 Å². The number of aromatic amines is 1. The first kappa shape index (κ1) is 16.3. The second-order valence-corrected chi connectivity index (χ2v) is 6.29. The van der Waals surface area contributed by atoms with E-state index >= 15 is 0 Å². The van der Waals surface area contributed by atoms with Crippen molar-refractivity contribution in [2.24, 2.45) is 0 Å². The molecule has 2 heterocycles. The number of H-pyrrole nitrogens is 1. The zero-order valence-electron chi connectivity index (χ0n) is 14.3. The molecule has 2 N–H and O–H groups in total. The topological polar surface area (TPSA) is 70.7 Å². The summed E-state index contributed by atoms with van der Waals surface area (Å²) in [5.74, 6) is 0.